The Morgan fingerprint density at radius 3 is 2.70 bits per heavy atom. The van der Waals surface area contributed by atoms with Crippen LogP contribution in [-0.4, -0.2) is 41.7 Å². The second kappa shape index (κ2) is 7.28. The van der Waals surface area contributed by atoms with Gasteiger partial charge in [-0.3, -0.25) is 9.97 Å². The number of rotatable bonds is 6. The summed E-state index contributed by atoms with van der Waals surface area (Å²) in [5, 5.41) is 8.35. The molecule has 0 aliphatic carbocycles. The summed E-state index contributed by atoms with van der Waals surface area (Å²) in [4.78, 5) is 17.0. The lowest BCUT2D eigenvalue weighted by atomic mass is 10.2. The molecule has 136 valence electrons. The number of hydrogen-bond donors (Lipinski definition) is 0. The molecule has 0 fully saturated rings. The molecule has 10 heteroatoms. The van der Waals surface area contributed by atoms with Crippen molar-refractivity contribution in [3.63, 3.8) is 0 Å². The number of nitrogens with zero attached hydrogens (tertiary/aromatic N) is 7. The Balaban J connectivity index is 1.55. The van der Waals surface area contributed by atoms with Gasteiger partial charge in [0.15, 0.2) is 0 Å². The summed E-state index contributed by atoms with van der Waals surface area (Å²) in [5.74, 6) is 2.01. The van der Waals surface area contributed by atoms with Gasteiger partial charge in [0.25, 0.3) is 5.89 Å². The topological polar surface area (TPSA) is 105 Å². The Bertz CT molecular complexity index is 1030. The van der Waals surface area contributed by atoms with Crippen molar-refractivity contribution in [3.8, 4) is 28.9 Å². The van der Waals surface area contributed by atoms with Crippen LogP contribution in [0.4, 0.5) is 4.39 Å². The minimum absolute atomic E-state index is 0.204. The zero-order valence-electron chi connectivity index (χ0n) is 14.3. The number of hydrogen-bond acceptors (Lipinski definition) is 8. The molecule has 0 unspecified atom stereocenters. The molecule has 0 N–H and O–H groups in total. The summed E-state index contributed by atoms with van der Waals surface area (Å²) in [6, 6.07) is 6.68. The van der Waals surface area contributed by atoms with Gasteiger partial charge in [0.1, 0.15) is 11.6 Å². The lowest BCUT2D eigenvalue weighted by Gasteiger charge is -2.00. The molecule has 0 aliphatic rings. The van der Waals surface area contributed by atoms with Crippen molar-refractivity contribution in [2.75, 3.05) is 6.86 Å². The van der Waals surface area contributed by atoms with Crippen molar-refractivity contribution in [2.24, 2.45) is 0 Å². The molecule has 4 aromatic rings. The summed E-state index contributed by atoms with van der Waals surface area (Å²) in [7, 11) is 0. The quantitative estimate of drug-likeness (QED) is 0.512. The zero-order chi connectivity index (χ0) is 18.6. The van der Waals surface area contributed by atoms with E-state index in [4.69, 9.17) is 9.26 Å². The van der Waals surface area contributed by atoms with Gasteiger partial charge in [-0.25, -0.2) is 14.1 Å². The number of aryl methyl sites for hydroxylation is 1. The second-order valence-electron chi connectivity index (χ2n) is 5.54. The van der Waals surface area contributed by atoms with E-state index in [9.17, 15) is 4.39 Å². The highest BCUT2D eigenvalue weighted by Crippen LogP contribution is 2.22. The molecule has 0 saturated heterocycles. The molecular formula is C17H14FN7O2. The predicted octanol–water partition coefficient (Wildman–Crippen LogP) is 2.45. The van der Waals surface area contributed by atoms with E-state index in [1.54, 1.807) is 47.5 Å². The maximum atomic E-state index is 12.2. The molecular weight excluding hydrogens is 353 g/mol. The Hall–Kier alpha value is -3.69. The SMILES string of the molecule is Cc1nc(-c2nc(-c3ccc(OCF)cc3)no2)nn1Cc1cnccn1. The molecule has 0 saturated carbocycles. The molecule has 3 aromatic heterocycles. The fourth-order valence-corrected chi connectivity index (χ4v) is 2.42. The molecule has 1 aromatic carbocycles. The van der Waals surface area contributed by atoms with Gasteiger partial charge in [-0.1, -0.05) is 5.16 Å². The van der Waals surface area contributed by atoms with Crippen molar-refractivity contribution in [3.05, 3.63) is 54.4 Å². The van der Waals surface area contributed by atoms with Crippen LogP contribution >= 0.6 is 0 Å². The van der Waals surface area contributed by atoms with E-state index in [0.29, 0.717) is 35.3 Å². The molecule has 27 heavy (non-hydrogen) atoms. The first-order valence-electron chi connectivity index (χ1n) is 8.02. The molecule has 0 amide bonds. The first-order chi connectivity index (χ1) is 13.2. The van der Waals surface area contributed by atoms with Crippen LogP contribution in [-0.2, 0) is 6.54 Å². The van der Waals surface area contributed by atoms with Crippen molar-refractivity contribution in [1.29, 1.82) is 0 Å². The molecule has 3 heterocycles. The van der Waals surface area contributed by atoms with Crippen molar-refractivity contribution in [2.45, 2.75) is 13.5 Å². The van der Waals surface area contributed by atoms with Crippen molar-refractivity contribution >= 4 is 0 Å². The summed E-state index contributed by atoms with van der Waals surface area (Å²) >= 11 is 0. The molecule has 0 atom stereocenters. The van der Waals surface area contributed by atoms with Gasteiger partial charge in [-0.2, -0.15) is 4.98 Å². The van der Waals surface area contributed by atoms with Crippen LogP contribution < -0.4 is 4.74 Å². The number of ether oxygens (including phenoxy) is 1. The summed E-state index contributed by atoms with van der Waals surface area (Å²) in [6.45, 7) is 1.38. The standard InChI is InChI=1S/C17H14FN7O2/c1-11-21-16(23-25(11)9-13-8-19-6-7-20-13)17-22-15(24-27-17)12-2-4-14(5-3-12)26-10-18/h2-8H,9-10H2,1H3. The average Bonchev–Trinajstić information content (AvgIpc) is 3.31. The second-order valence-corrected chi connectivity index (χ2v) is 5.54. The van der Waals surface area contributed by atoms with Gasteiger partial charge < -0.3 is 9.26 Å². The average molecular weight is 367 g/mol. The first kappa shape index (κ1) is 16.8. The number of benzene rings is 1. The lowest BCUT2D eigenvalue weighted by molar-refractivity contribution is 0.192. The summed E-state index contributed by atoms with van der Waals surface area (Å²) in [5.41, 5.74) is 1.46. The van der Waals surface area contributed by atoms with Crippen LogP contribution in [0.3, 0.4) is 0 Å². The molecule has 0 spiro atoms. The predicted molar refractivity (Wildman–Crippen MR) is 91.2 cm³/mol. The zero-order valence-corrected chi connectivity index (χ0v) is 14.3. The van der Waals surface area contributed by atoms with Gasteiger partial charge in [0, 0.05) is 18.0 Å². The first-order valence-corrected chi connectivity index (χ1v) is 8.02. The van der Waals surface area contributed by atoms with E-state index in [0.717, 1.165) is 5.69 Å². The normalized spacial score (nSPS) is 10.9. The summed E-state index contributed by atoms with van der Waals surface area (Å²) < 4.78 is 23.9. The molecule has 4 rings (SSSR count). The van der Waals surface area contributed by atoms with Gasteiger partial charge in [0.2, 0.25) is 18.5 Å². The van der Waals surface area contributed by atoms with Crippen LogP contribution in [0.2, 0.25) is 0 Å². The van der Waals surface area contributed by atoms with E-state index in [1.807, 2.05) is 6.92 Å². The van der Waals surface area contributed by atoms with E-state index in [2.05, 4.69) is 30.2 Å². The Labute approximate surface area is 152 Å². The van der Waals surface area contributed by atoms with Crippen LogP contribution in [0.25, 0.3) is 23.1 Å². The third-order valence-corrected chi connectivity index (χ3v) is 3.74. The van der Waals surface area contributed by atoms with E-state index in [1.165, 1.54) is 0 Å². The fourth-order valence-electron chi connectivity index (χ4n) is 2.42. The van der Waals surface area contributed by atoms with Crippen molar-refractivity contribution in [1.82, 2.24) is 34.9 Å². The number of halogens is 1. The minimum Gasteiger partial charge on any atom is -0.463 e. The Morgan fingerprint density at radius 1 is 1.11 bits per heavy atom. The number of alkyl halides is 1. The lowest BCUT2D eigenvalue weighted by Crippen LogP contribution is -2.05. The Morgan fingerprint density at radius 2 is 1.96 bits per heavy atom. The van der Waals surface area contributed by atoms with Gasteiger partial charge in [-0.15, -0.1) is 5.10 Å². The van der Waals surface area contributed by atoms with E-state index < -0.39 is 6.86 Å². The Kier molecular flexibility index (Phi) is 4.52. The van der Waals surface area contributed by atoms with Crippen LogP contribution in [0, 0.1) is 6.92 Å². The molecule has 9 nitrogen and oxygen atoms in total. The van der Waals surface area contributed by atoms with Crippen LogP contribution in [0.15, 0.2) is 47.4 Å². The highest BCUT2D eigenvalue weighted by molar-refractivity contribution is 5.57. The summed E-state index contributed by atoms with van der Waals surface area (Å²) in [6.07, 6.45) is 4.90. The van der Waals surface area contributed by atoms with Gasteiger partial charge in [-0.05, 0) is 31.2 Å². The third kappa shape index (κ3) is 3.64. The third-order valence-electron chi connectivity index (χ3n) is 3.74. The molecule has 0 bridgehead atoms. The number of aromatic nitrogens is 7. The minimum atomic E-state index is -0.881. The molecule has 0 radical (unpaired) electrons. The monoisotopic (exact) mass is 367 g/mol. The van der Waals surface area contributed by atoms with Gasteiger partial charge in [0.05, 0.1) is 18.4 Å². The highest BCUT2D eigenvalue weighted by Gasteiger charge is 2.17. The van der Waals surface area contributed by atoms with Crippen LogP contribution in [0.5, 0.6) is 5.75 Å². The van der Waals surface area contributed by atoms with E-state index >= 15 is 0 Å². The van der Waals surface area contributed by atoms with Crippen LogP contribution in [0.1, 0.15) is 11.5 Å². The maximum absolute atomic E-state index is 12.2. The van der Waals surface area contributed by atoms with Crippen molar-refractivity contribution < 1.29 is 13.7 Å². The molecule has 0 aliphatic heterocycles. The smallest absolute Gasteiger partial charge is 0.297 e. The highest BCUT2D eigenvalue weighted by atomic mass is 19.1. The van der Waals surface area contributed by atoms with Gasteiger partial charge >= 0.3 is 0 Å². The fraction of sp³-hybridized carbons (Fsp3) is 0.176. The maximum Gasteiger partial charge on any atom is 0.297 e. The van der Waals surface area contributed by atoms with E-state index in [-0.39, 0.29) is 5.89 Å². The largest absolute Gasteiger partial charge is 0.463 e.